The van der Waals surface area contributed by atoms with Crippen molar-refractivity contribution in [2.24, 2.45) is 0 Å². The molecular formula is C14H22N6. The van der Waals surface area contributed by atoms with Gasteiger partial charge in [-0.15, -0.1) is 0 Å². The van der Waals surface area contributed by atoms with Gasteiger partial charge in [0, 0.05) is 25.0 Å². The summed E-state index contributed by atoms with van der Waals surface area (Å²) < 4.78 is 2.02. The second kappa shape index (κ2) is 6.36. The predicted octanol–water partition coefficient (Wildman–Crippen LogP) is 2.14. The molecule has 0 amide bonds. The van der Waals surface area contributed by atoms with Crippen LogP contribution in [0.5, 0.6) is 0 Å². The fraction of sp³-hybridized carbons (Fsp3) is 0.500. The molecule has 0 unspecified atom stereocenters. The fourth-order valence-corrected chi connectivity index (χ4v) is 2.00. The van der Waals surface area contributed by atoms with Gasteiger partial charge >= 0.3 is 0 Å². The van der Waals surface area contributed by atoms with Crippen LogP contribution >= 0.6 is 0 Å². The topological polar surface area (TPSA) is 67.7 Å². The van der Waals surface area contributed by atoms with Crippen LogP contribution in [-0.4, -0.2) is 32.8 Å². The van der Waals surface area contributed by atoms with Gasteiger partial charge in [-0.05, 0) is 39.3 Å². The Morgan fingerprint density at radius 2 is 2.00 bits per heavy atom. The SMILES string of the molecule is CCNc1ccnc(NCCn2nc(C)c(C)c2C)n1. The van der Waals surface area contributed by atoms with Crippen molar-refractivity contribution in [1.29, 1.82) is 0 Å². The van der Waals surface area contributed by atoms with Crippen molar-refractivity contribution in [1.82, 2.24) is 19.7 Å². The summed E-state index contributed by atoms with van der Waals surface area (Å²) in [6.07, 6.45) is 1.75. The van der Waals surface area contributed by atoms with E-state index in [1.165, 1.54) is 11.3 Å². The van der Waals surface area contributed by atoms with Crippen molar-refractivity contribution in [2.75, 3.05) is 23.7 Å². The molecule has 6 nitrogen and oxygen atoms in total. The van der Waals surface area contributed by atoms with Crippen molar-refractivity contribution in [3.05, 3.63) is 29.2 Å². The Labute approximate surface area is 119 Å². The third kappa shape index (κ3) is 3.26. The maximum Gasteiger partial charge on any atom is 0.224 e. The van der Waals surface area contributed by atoms with Crippen LogP contribution in [0.2, 0.25) is 0 Å². The standard InChI is InChI=1S/C14H22N6/c1-5-15-13-6-7-16-14(18-13)17-8-9-20-12(4)10(2)11(3)19-20/h6-7H,5,8-9H2,1-4H3,(H2,15,16,17,18). The minimum absolute atomic E-state index is 0.640. The van der Waals surface area contributed by atoms with Gasteiger partial charge in [-0.25, -0.2) is 4.98 Å². The molecule has 0 saturated heterocycles. The lowest BCUT2D eigenvalue weighted by atomic mass is 10.2. The van der Waals surface area contributed by atoms with Gasteiger partial charge in [0.2, 0.25) is 5.95 Å². The fourth-order valence-electron chi connectivity index (χ4n) is 2.00. The van der Waals surface area contributed by atoms with E-state index >= 15 is 0 Å². The van der Waals surface area contributed by atoms with Gasteiger partial charge in [-0.2, -0.15) is 10.1 Å². The van der Waals surface area contributed by atoms with Crippen LogP contribution in [0.25, 0.3) is 0 Å². The van der Waals surface area contributed by atoms with Crippen molar-refractivity contribution in [3.8, 4) is 0 Å². The molecule has 0 aliphatic rings. The Hall–Kier alpha value is -2.11. The molecule has 0 radical (unpaired) electrons. The molecule has 6 heteroatoms. The summed E-state index contributed by atoms with van der Waals surface area (Å²) in [5, 5.41) is 10.9. The van der Waals surface area contributed by atoms with Crippen molar-refractivity contribution < 1.29 is 0 Å². The number of aromatic nitrogens is 4. The van der Waals surface area contributed by atoms with Gasteiger partial charge in [0.25, 0.3) is 0 Å². The van der Waals surface area contributed by atoms with Gasteiger partial charge in [0.15, 0.2) is 0 Å². The number of rotatable bonds is 6. The smallest absolute Gasteiger partial charge is 0.224 e. The largest absolute Gasteiger partial charge is 0.370 e. The monoisotopic (exact) mass is 274 g/mol. The van der Waals surface area contributed by atoms with Crippen LogP contribution in [0.4, 0.5) is 11.8 Å². The van der Waals surface area contributed by atoms with Crippen molar-refractivity contribution in [3.63, 3.8) is 0 Å². The van der Waals surface area contributed by atoms with Crippen LogP contribution in [0.1, 0.15) is 23.9 Å². The van der Waals surface area contributed by atoms with Gasteiger partial charge in [-0.1, -0.05) is 0 Å². The highest BCUT2D eigenvalue weighted by Crippen LogP contribution is 2.10. The van der Waals surface area contributed by atoms with E-state index in [1.54, 1.807) is 6.20 Å². The molecule has 2 aromatic rings. The molecule has 0 aliphatic carbocycles. The molecule has 0 spiro atoms. The zero-order valence-electron chi connectivity index (χ0n) is 12.6. The minimum Gasteiger partial charge on any atom is -0.370 e. The number of nitrogens with zero attached hydrogens (tertiary/aromatic N) is 4. The van der Waals surface area contributed by atoms with Crippen LogP contribution in [0.15, 0.2) is 12.3 Å². The third-order valence-corrected chi connectivity index (χ3v) is 3.36. The molecule has 20 heavy (non-hydrogen) atoms. The van der Waals surface area contributed by atoms with Gasteiger partial charge in [-0.3, -0.25) is 4.68 Å². The molecule has 0 saturated carbocycles. The molecule has 0 aromatic carbocycles. The summed E-state index contributed by atoms with van der Waals surface area (Å²) >= 11 is 0. The number of hydrogen-bond donors (Lipinski definition) is 2. The summed E-state index contributed by atoms with van der Waals surface area (Å²) in [6, 6.07) is 1.86. The first-order valence-corrected chi connectivity index (χ1v) is 6.93. The molecule has 0 atom stereocenters. The highest BCUT2D eigenvalue weighted by molar-refractivity contribution is 5.39. The van der Waals surface area contributed by atoms with Crippen LogP contribution in [0, 0.1) is 20.8 Å². The summed E-state index contributed by atoms with van der Waals surface area (Å²) in [6.45, 7) is 10.7. The second-order valence-corrected chi connectivity index (χ2v) is 4.74. The molecule has 0 bridgehead atoms. The van der Waals surface area contributed by atoms with Crippen molar-refractivity contribution >= 4 is 11.8 Å². The first kappa shape index (κ1) is 14.3. The zero-order chi connectivity index (χ0) is 14.5. The molecule has 108 valence electrons. The number of nitrogens with one attached hydrogen (secondary N) is 2. The zero-order valence-corrected chi connectivity index (χ0v) is 12.6. The van der Waals surface area contributed by atoms with Crippen LogP contribution in [0.3, 0.4) is 0 Å². The van der Waals surface area contributed by atoms with Gasteiger partial charge in [0.05, 0.1) is 12.2 Å². The average molecular weight is 274 g/mol. The minimum atomic E-state index is 0.640. The Morgan fingerprint density at radius 3 is 2.65 bits per heavy atom. The Kier molecular flexibility index (Phi) is 4.55. The summed E-state index contributed by atoms with van der Waals surface area (Å²) in [4.78, 5) is 8.58. The Morgan fingerprint density at radius 1 is 1.20 bits per heavy atom. The Balaban J connectivity index is 1.92. The molecule has 2 rings (SSSR count). The van der Waals surface area contributed by atoms with Gasteiger partial charge < -0.3 is 10.6 Å². The highest BCUT2D eigenvalue weighted by Gasteiger charge is 2.06. The normalized spacial score (nSPS) is 10.6. The van der Waals surface area contributed by atoms with E-state index in [9.17, 15) is 0 Å². The summed E-state index contributed by atoms with van der Waals surface area (Å²) in [7, 11) is 0. The lowest BCUT2D eigenvalue weighted by molar-refractivity contribution is 0.613. The van der Waals surface area contributed by atoms with E-state index in [4.69, 9.17) is 0 Å². The van der Waals surface area contributed by atoms with E-state index in [2.05, 4.69) is 39.5 Å². The Bertz CT molecular complexity index is 575. The molecule has 0 aliphatic heterocycles. The number of anilines is 2. The van der Waals surface area contributed by atoms with E-state index < -0.39 is 0 Å². The maximum absolute atomic E-state index is 4.51. The maximum atomic E-state index is 4.51. The van der Waals surface area contributed by atoms with Crippen molar-refractivity contribution in [2.45, 2.75) is 34.2 Å². The van der Waals surface area contributed by atoms with E-state index in [-0.39, 0.29) is 0 Å². The summed E-state index contributed by atoms with van der Waals surface area (Å²) in [5.41, 5.74) is 3.56. The number of hydrogen-bond acceptors (Lipinski definition) is 5. The average Bonchev–Trinajstić information content (AvgIpc) is 2.67. The first-order chi connectivity index (χ1) is 9.61. The van der Waals surface area contributed by atoms with Crippen LogP contribution < -0.4 is 10.6 Å². The predicted molar refractivity (Wildman–Crippen MR) is 81.1 cm³/mol. The highest BCUT2D eigenvalue weighted by atomic mass is 15.3. The van der Waals surface area contributed by atoms with Crippen LogP contribution in [-0.2, 0) is 6.54 Å². The molecule has 2 aromatic heterocycles. The molecule has 2 heterocycles. The van der Waals surface area contributed by atoms with E-state index in [1.807, 2.05) is 24.6 Å². The molecule has 2 N–H and O–H groups in total. The molecular weight excluding hydrogens is 252 g/mol. The quantitative estimate of drug-likeness (QED) is 0.844. The molecule has 0 fully saturated rings. The number of aryl methyl sites for hydroxylation is 1. The second-order valence-electron chi connectivity index (χ2n) is 4.74. The first-order valence-electron chi connectivity index (χ1n) is 6.93. The van der Waals surface area contributed by atoms with E-state index in [0.29, 0.717) is 5.95 Å². The lowest BCUT2D eigenvalue weighted by Gasteiger charge is -2.08. The van der Waals surface area contributed by atoms with Gasteiger partial charge in [0.1, 0.15) is 5.82 Å². The van der Waals surface area contributed by atoms with E-state index in [0.717, 1.165) is 31.1 Å². The lowest BCUT2D eigenvalue weighted by Crippen LogP contribution is -2.14. The summed E-state index contributed by atoms with van der Waals surface area (Å²) in [5.74, 6) is 1.48. The third-order valence-electron chi connectivity index (χ3n) is 3.36.